The molecule has 0 radical (unpaired) electrons. The van der Waals surface area contributed by atoms with Gasteiger partial charge in [-0.3, -0.25) is 4.79 Å². The summed E-state index contributed by atoms with van der Waals surface area (Å²) >= 11 is 9.22. The molecule has 2 N–H and O–H groups in total. The highest BCUT2D eigenvalue weighted by molar-refractivity contribution is 9.10. The maximum absolute atomic E-state index is 13.2. The van der Waals surface area contributed by atoms with E-state index in [1.54, 1.807) is 0 Å². The van der Waals surface area contributed by atoms with Crippen LogP contribution in [0.2, 0.25) is 5.15 Å². The molecule has 0 aromatic carbocycles. The van der Waals surface area contributed by atoms with E-state index in [2.05, 4.69) is 20.9 Å². The van der Waals surface area contributed by atoms with Crippen molar-refractivity contribution in [3.8, 4) is 0 Å². The van der Waals surface area contributed by atoms with Crippen LogP contribution in [0.25, 0.3) is 0 Å². The van der Waals surface area contributed by atoms with Crippen LogP contribution in [0.3, 0.4) is 0 Å². The Morgan fingerprint density at radius 2 is 2.09 bits per heavy atom. The largest absolute Gasteiger partial charge is 0.368 e. The molecule has 2 aliphatic rings. The third-order valence-electron chi connectivity index (χ3n) is 4.69. The van der Waals surface area contributed by atoms with Crippen molar-refractivity contribution in [2.24, 2.45) is 11.7 Å². The van der Waals surface area contributed by atoms with E-state index in [0.29, 0.717) is 10.9 Å². The molecular formula is C14H17BrClN3O3S. The summed E-state index contributed by atoms with van der Waals surface area (Å²) in [6.45, 7) is 0. The molecule has 1 saturated carbocycles. The van der Waals surface area contributed by atoms with Crippen molar-refractivity contribution in [3.05, 3.63) is 21.9 Å². The first-order chi connectivity index (χ1) is 10.8. The number of halogens is 2. The lowest BCUT2D eigenvalue weighted by atomic mass is 9.85. The van der Waals surface area contributed by atoms with E-state index in [0.717, 1.165) is 25.7 Å². The Bertz CT molecular complexity index is 743. The van der Waals surface area contributed by atoms with Crippen LogP contribution in [-0.2, 0) is 14.8 Å². The van der Waals surface area contributed by atoms with E-state index in [-0.39, 0.29) is 22.0 Å². The molecule has 126 valence electrons. The van der Waals surface area contributed by atoms with Gasteiger partial charge in [-0.1, -0.05) is 24.4 Å². The molecule has 6 nitrogen and oxygen atoms in total. The highest BCUT2D eigenvalue weighted by Gasteiger charge is 2.50. The van der Waals surface area contributed by atoms with Crippen LogP contribution in [0.1, 0.15) is 32.1 Å². The van der Waals surface area contributed by atoms with E-state index in [4.69, 9.17) is 17.3 Å². The Morgan fingerprint density at radius 3 is 2.78 bits per heavy atom. The predicted octanol–water partition coefficient (Wildman–Crippen LogP) is 2.30. The molecule has 1 aliphatic heterocycles. The summed E-state index contributed by atoms with van der Waals surface area (Å²) in [6, 6.07) is 0.406. The van der Waals surface area contributed by atoms with Crippen LogP contribution >= 0.6 is 27.5 Å². The molecular weight excluding hydrogens is 406 g/mol. The number of carbonyl (C=O) groups is 1. The summed E-state index contributed by atoms with van der Waals surface area (Å²) in [6.07, 6.45) is 5.58. The second-order valence-electron chi connectivity index (χ2n) is 6.04. The fourth-order valence-corrected chi connectivity index (χ4v) is 6.51. The highest BCUT2D eigenvalue weighted by Crippen LogP contribution is 2.43. The van der Waals surface area contributed by atoms with Crippen LogP contribution in [0, 0.1) is 5.92 Å². The van der Waals surface area contributed by atoms with Gasteiger partial charge in [0.15, 0.2) is 0 Å². The van der Waals surface area contributed by atoms with Crippen molar-refractivity contribution >= 4 is 43.5 Å². The van der Waals surface area contributed by atoms with Gasteiger partial charge in [-0.05, 0) is 47.2 Å². The number of hydrogen-bond donors (Lipinski definition) is 1. The number of hydrogen-bond acceptors (Lipinski definition) is 4. The molecule has 1 saturated heterocycles. The molecule has 1 aromatic rings. The van der Waals surface area contributed by atoms with Gasteiger partial charge in [0.1, 0.15) is 16.1 Å². The lowest BCUT2D eigenvalue weighted by Gasteiger charge is -2.32. The first-order valence-corrected chi connectivity index (χ1v) is 10.1. The minimum atomic E-state index is -3.95. The van der Waals surface area contributed by atoms with Gasteiger partial charge < -0.3 is 5.73 Å². The monoisotopic (exact) mass is 421 g/mol. The van der Waals surface area contributed by atoms with Crippen molar-refractivity contribution in [3.63, 3.8) is 0 Å². The quantitative estimate of drug-likeness (QED) is 0.756. The Morgan fingerprint density at radius 1 is 1.39 bits per heavy atom. The molecule has 2 heterocycles. The first-order valence-electron chi connectivity index (χ1n) is 7.46. The number of pyridine rings is 1. The summed E-state index contributed by atoms with van der Waals surface area (Å²) in [5.41, 5.74) is 5.48. The van der Waals surface area contributed by atoms with Crippen LogP contribution in [-0.4, -0.2) is 35.7 Å². The van der Waals surface area contributed by atoms with Crippen LogP contribution in [0.15, 0.2) is 21.6 Å². The van der Waals surface area contributed by atoms with E-state index in [1.807, 2.05) is 0 Å². The minimum absolute atomic E-state index is 0.0917. The van der Waals surface area contributed by atoms with Gasteiger partial charge in [-0.15, -0.1) is 0 Å². The Kier molecular flexibility index (Phi) is 4.70. The Labute approximate surface area is 148 Å². The molecule has 1 aliphatic carbocycles. The zero-order chi connectivity index (χ0) is 16.8. The van der Waals surface area contributed by atoms with Gasteiger partial charge in [0, 0.05) is 16.7 Å². The second kappa shape index (κ2) is 6.31. The number of aromatic nitrogens is 1. The van der Waals surface area contributed by atoms with E-state index in [1.165, 1.54) is 16.6 Å². The highest BCUT2D eigenvalue weighted by atomic mass is 79.9. The summed E-state index contributed by atoms with van der Waals surface area (Å²) in [5, 5.41) is -0.101. The average molecular weight is 423 g/mol. The van der Waals surface area contributed by atoms with Crippen molar-refractivity contribution in [1.82, 2.24) is 9.29 Å². The molecule has 1 amide bonds. The van der Waals surface area contributed by atoms with Gasteiger partial charge in [0.2, 0.25) is 15.9 Å². The number of nitrogens with zero attached hydrogens (tertiary/aromatic N) is 2. The topological polar surface area (TPSA) is 93.4 Å². The number of fused-ring (bicyclic) bond motifs is 1. The number of rotatable bonds is 3. The molecule has 0 bridgehead atoms. The Balaban J connectivity index is 2.08. The molecule has 2 fully saturated rings. The second-order valence-corrected chi connectivity index (χ2v) is 9.13. The molecule has 1 aromatic heterocycles. The smallest absolute Gasteiger partial charge is 0.247 e. The van der Waals surface area contributed by atoms with Crippen molar-refractivity contribution in [1.29, 1.82) is 0 Å². The van der Waals surface area contributed by atoms with Crippen molar-refractivity contribution < 1.29 is 13.2 Å². The molecule has 0 unspecified atom stereocenters. The fourth-order valence-electron chi connectivity index (χ4n) is 3.71. The number of nitrogens with two attached hydrogens (primary N) is 1. The van der Waals surface area contributed by atoms with E-state index >= 15 is 0 Å². The lowest BCUT2D eigenvalue weighted by molar-refractivity contribution is -0.121. The van der Waals surface area contributed by atoms with E-state index in [9.17, 15) is 13.2 Å². The van der Waals surface area contributed by atoms with Crippen LogP contribution in [0.4, 0.5) is 0 Å². The van der Waals surface area contributed by atoms with Gasteiger partial charge in [0.25, 0.3) is 0 Å². The van der Waals surface area contributed by atoms with Crippen molar-refractivity contribution in [2.75, 3.05) is 0 Å². The third-order valence-corrected chi connectivity index (χ3v) is 7.48. The number of sulfonamides is 1. The molecule has 23 heavy (non-hydrogen) atoms. The average Bonchev–Trinajstić information content (AvgIpc) is 2.90. The Hall–Kier alpha value is -0.700. The van der Waals surface area contributed by atoms with Crippen LogP contribution < -0.4 is 5.73 Å². The summed E-state index contributed by atoms with van der Waals surface area (Å²) in [7, 11) is -3.95. The normalized spacial score (nSPS) is 28.5. The van der Waals surface area contributed by atoms with Crippen LogP contribution in [0.5, 0.6) is 0 Å². The standard InChI is InChI=1S/C14H17BrClN3O3S/c15-9-6-12(13(16)18-7-9)23(21,22)19-10-4-2-1-3-8(10)5-11(19)14(17)20/h6-8,10-11H,1-5H2,(H2,17,20)/t8-,10-,11+/m1/s1. The van der Waals surface area contributed by atoms with Gasteiger partial charge in [0.05, 0.1) is 0 Å². The van der Waals surface area contributed by atoms with Crippen molar-refractivity contribution in [2.45, 2.75) is 49.1 Å². The van der Waals surface area contributed by atoms with E-state index < -0.39 is 22.0 Å². The molecule has 9 heteroatoms. The van der Waals surface area contributed by atoms with Gasteiger partial charge >= 0.3 is 0 Å². The zero-order valence-corrected chi connectivity index (χ0v) is 15.4. The molecule has 3 atom stereocenters. The lowest BCUT2D eigenvalue weighted by Crippen LogP contribution is -2.48. The summed E-state index contributed by atoms with van der Waals surface area (Å²) in [5.74, 6) is -0.433. The SMILES string of the molecule is NC(=O)[C@@H]1C[C@H]2CCCC[C@H]2N1S(=O)(=O)c1cc(Br)cnc1Cl. The number of amides is 1. The zero-order valence-electron chi connectivity index (χ0n) is 12.3. The number of primary amides is 1. The molecule has 3 rings (SSSR count). The third kappa shape index (κ3) is 3.01. The molecule has 0 spiro atoms. The maximum Gasteiger partial charge on any atom is 0.247 e. The summed E-state index contributed by atoms with van der Waals surface area (Å²) < 4.78 is 28.1. The minimum Gasteiger partial charge on any atom is -0.368 e. The number of carbonyl (C=O) groups excluding carboxylic acids is 1. The van der Waals surface area contributed by atoms with Gasteiger partial charge in [-0.2, -0.15) is 4.31 Å². The fraction of sp³-hybridized carbons (Fsp3) is 0.571. The maximum atomic E-state index is 13.2. The first kappa shape index (κ1) is 17.1. The summed E-state index contributed by atoms with van der Waals surface area (Å²) in [4.78, 5) is 15.6. The van der Waals surface area contributed by atoms with Gasteiger partial charge in [-0.25, -0.2) is 13.4 Å². The predicted molar refractivity (Wildman–Crippen MR) is 89.3 cm³/mol.